The maximum atomic E-state index is 12.4. The molecule has 182 valence electrons. The molecule has 3 aromatic carbocycles. The molecule has 0 saturated carbocycles. The Labute approximate surface area is 204 Å². The molecule has 6 nitrogen and oxygen atoms in total. The summed E-state index contributed by atoms with van der Waals surface area (Å²) in [4.78, 5) is 16.5. The second kappa shape index (κ2) is 9.71. The number of ether oxygens (including phenoxy) is 2. The third-order valence-electron chi connectivity index (χ3n) is 5.84. The van der Waals surface area contributed by atoms with Crippen LogP contribution >= 0.6 is 11.9 Å². The van der Waals surface area contributed by atoms with Gasteiger partial charge < -0.3 is 19.3 Å². The molecular formula is C25H22F3N3O3S. The van der Waals surface area contributed by atoms with E-state index in [1.165, 1.54) is 24.1 Å². The maximum Gasteiger partial charge on any atom is 0.573 e. The first-order valence-corrected chi connectivity index (χ1v) is 11.8. The largest absolute Gasteiger partial charge is 0.573 e. The SMILES string of the molecule is O=CN1CC(NSc2ccc(OC(F)(F)F)cc2)CC(N2c3ccccc3Oc3ccccc32)C1. The van der Waals surface area contributed by atoms with Gasteiger partial charge in [-0.1, -0.05) is 24.3 Å². The normalized spacial score (nSPS) is 19.4. The van der Waals surface area contributed by atoms with Crippen molar-refractivity contribution in [1.29, 1.82) is 0 Å². The van der Waals surface area contributed by atoms with Gasteiger partial charge in [0.25, 0.3) is 0 Å². The molecule has 5 rings (SSSR count). The van der Waals surface area contributed by atoms with Crippen molar-refractivity contribution in [2.24, 2.45) is 0 Å². The second-order valence-corrected chi connectivity index (χ2v) is 9.20. The van der Waals surface area contributed by atoms with Crippen LogP contribution in [0.25, 0.3) is 0 Å². The molecule has 35 heavy (non-hydrogen) atoms. The minimum atomic E-state index is -4.72. The molecule has 10 heteroatoms. The molecule has 2 aliphatic heterocycles. The van der Waals surface area contributed by atoms with Crippen LogP contribution in [-0.4, -0.2) is 42.8 Å². The van der Waals surface area contributed by atoms with E-state index in [4.69, 9.17) is 4.74 Å². The topological polar surface area (TPSA) is 54.0 Å². The number of likely N-dealkylation sites (tertiary alicyclic amines) is 1. The Bertz CT molecular complexity index is 1150. The van der Waals surface area contributed by atoms with Gasteiger partial charge in [0.15, 0.2) is 11.5 Å². The Morgan fingerprint density at radius 1 is 0.943 bits per heavy atom. The van der Waals surface area contributed by atoms with E-state index in [0.29, 0.717) is 13.1 Å². The highest BCUT2D eigenvalue weighted by Crippen LogP contribution is 2.48. The number of para-hydroxylation sites is 4. The second-order valence-electron chi connectivity index (χ2n) is 8.29. The summed E-state index contributed by atoms with van der Waals surface area (Å²) in [5.41, 5.74) is 1.88. The van der Waals surface area contributed by atoms with Crippen molar-refractivity contribution >= 4 is 29.7 Å². The van der Waals surface area contributed by atoms with Gasteiger partial charge in [-0.3, -0.25) is 9.52 Å². The zero-order valence-corrected chi connectivity index (χ0v) is 19.3. The van der Waals surface area contributed by atoms with Crippen molar-refractivity contribution in [1.82, 2.24) is 9.62 Å². The van der Waals surface area contributed by atoms with Gasteiger partial charge in [0.1, 0.15) is 5.75 Å². The molecule has 0 aliphatic carbocycles. The van der Waals surface area contributed by atoms with Gasteiger partial charge in [0.2, 0.25) is 6.41 Å². The van der Waals surface area contributed by atoms with Crippen molar-refractivity contribution in [2.75, 3.05) is 18.0 Å². The van der Waals surface area contributed by atoms with Crippen molar-refractivity contribution in [3.8, 4) is 17.2 Å². The first kappa shape index (κ1) is 23.4. The summed E-state index contributed by atoms with van der Waals surface area (Å²) in [6.07, 6.45) is -3.12. The van der Waals surface area contributed by atoms with Crippen LogP contribution < -0.4 is 19.1 Å². The number of hydrogen-bond acceptors (Lipinski definition) is 6. The predicted octanol–water partition coefficient (Wildman–Crippen LogP) is 5.73. The van der Waals surface area contributed by atoms with E-state index in [1.807, 2.05) is 48.5 Å². The average Bonchev–Trinajstić information content (AvgIpc) is 2.85. The highest BCUT2D eigenvalue weighted by atomic mass is 32.2. The molecule has 3 aromatic rings. The number of nitrogens with zero attached hydrogens (tertiary/aromatic N) is 2. The van der Waals surface area contributed by atoms with Crippen molar-refractivity contribution in [3.63, 3.8) is 0 Å². The minimum Gasteiger partial charge on any atom is -0.453 e. The number of carbonyl (C=O) groups excluding carboxylic acids is 1. The van der Waals surface area contributed by atoms with Gasteiger partial charge in [-0.05, 0) is 66.9 Å². The summed E-state index contributed by atoms with van der Waals surface area (Å²) in [5, 5.41) is 0. The molecule has 1 fully saturated rings. The molecule has 0 radical (unpaired) electrons. The molecule has 2 atom stereocenters. The summed E-state index contributed by atoms with van der Waals surface area (Å²) >= 11 is 1.31. The first-order chi connectivity index (χ1) is 16.9. The van der Waals surface area contributed by atoms with Gasteiger partial charge >= 0.3 is 6.36 Å². The fourth-order valence-electron chi connectivity index (χ4n) is 4.45. The Morgan fingerprint density at radius 2 is 1.57 bits per heavy atom. The standard InChI is InChI=1S/C25H22F3N3O3S/c26-25(27,28)34-19-9-11-20(12-10-19)35-29-17-13-18(15-30(14-17)16-32)31-21-5-1-3-7-23(21)33-24-8-4-2-6-22(24)31/h1-12,16-18,29H,13-15H2. The first-order valence-electron chi connectivity index (χ1n) is 11.0. The lowest BCUT2D eigenvalue weighted by molar-refractivity contribution is -0.274. The highest BCUT2D eigenvalue weighted by Gasteiger charge is 2.36. The van der Waals surface area contributed by atoms with Crippen LogP contribution in [0.15, 0.2) is 77.7 Å². The number of benzene rings is 3. The number of anilines is 2. The fourth-order valence-corrected chi connectivity index (χ4v) is 5.20. The average molecular weight is 502 g/mol. The van der Waals surface area contributed by atoms with Gasteiger partial charge in [0.05, 0.1) is 17.4 Å². The van der Waals surface area contributed by atoms with E-state index in [-0.39, 0.29) is 17.8 Å². The van der Waals surface area contributed by atoms with E-state index in [0.717, 1.165) is 40.6 Å². The van der Waals surface area contributed by atoms with Crippen LogP contribution in [0.5, 0.6) is 17.2 Å². The number of fused-ring (bicyclic) bond motifs is 2. The van der Waals surface area contributed by atoms with Gasteiger partial charge in [-0.15, -0.1) is 13.2 Å². The summed E-state index contributed by atoms with van der Waals surface area (Å²) in [5.74, 6) is 1.25. The van der Waals surface area contributed by atoms with Crippen molar-refractivity contribution in [2.45, 2.75) is 29.8 Å². The van der Waals surface area contributed by atoms with Crippen LogP contribution in [0.4, 0.5) is 24.5 Å². The zero-order chi connectivity index (χ0) is 24.4. The van der Waals surface area contributed by atoms with Crippen molar-refractivity contribution in [3.05, 3.63) is 72.8 Å². The van der Waals surface area contributed by atoms with E-state index in [2.05, 4.69) is 14.4 Å². The van der Waals surface area contributed by atoms with Gasteiger partial charge in [-0.2, -0.15) is 0 Å². The summed E-state index contributed by atoms with van der Waals surface area (Å²) in [6, 6.07) is 21.3. The Hall–Kier alpha value is -3.37. The lowest BCUT2D eigenvalue weighted by Crippen LogP contribution is -2.54. The van der Waals surface area contributed by atoms with Gasteiger partial charge in [0, 0.05) is 24.0 Å². The molecule has 1 N–H and O–H groups in total. The number of amides is 1. The van der Waals surface area contributed by atoms with E-state index < -0.39 is 6.36 Å². The van der Waals surface area contributed by atoms with Crippen LogP contribution in [-0.2, 0) is 4.79 Å². The van der Waals surface area contributed by atoms with Crippen LogP contribution in [0, 0.1) is 0 Å². The van der Waals surface area contributed by atoms with Crippen LogP contribution in [0.1, 0.15) is 6.42 Å². The molecule has 2 aliphatic rings. The molecule has 0 aromatic heterocycles. The maximum absolute atomic E-state index is 12.4. The van der Waals surface area contributed by atoms with Crippen LogP contribution in [0.3, 0.4) is 0 Å². The molecule has 0 spiro atoms. The zero-order valence-electron chi connectivity index (χ0n) is 18.4. The Morgan fingerprint density at radius 3 is 2.17 bits per heavy atom. The molecule has 1 amide bonds. The summed E-state index contributed by atoms with van der Waals surface area (Å²) < 4.78 is 50.6. The third-order valence-corrected chi connectivity index (χ3v) is 6.80. The lowest BCUT2D eigenvalue weighted by atomic mass is 9.98. The van der Waals surface area contributed by atoms with E-state index >= 15 is 0 Å². The van der Waals surface area contributed by atoms with E-state index in [1.54, 1.807) is 17.0 Å². The molecule has 0 bridgehead atoms. The Kier molecular flexibility index (Phi) is 6.48. The predicted molar refractivity (Wildman–Crippen MR) is 127 cm³/mol. The number of hydrogen-bond donors (Lipinski definition) is 1. The fraction of sp³-hybridized carbons (Fsp3) is 0.240. The minimum absolute atomic E-state index is 0.0131. The summed E-state index contributed by atoms with van der Waals surface area (Å²) in [6.45, 7) is 1.08. The smallest absolute Gasteiger partial charge is 0.453 e. The monoisotopic (exact) mass is 501 g/mol. The van der Waals surface area contributed by atoms with Gasteiger partial charge in [-0.25, -0.2) is 0 Å². The molecule has 1 saturated heterocycles. The number of piperidine rings is 1. The molecular weight excluding hydrogens is 479 g/mol. The molecule has 2 unspecified atom stereocenters. The highest BCUT2D eigenvalue weighted by molar-refractivity contribution is 7.97. The van der Waals surface area contributed by atoms with Crippen LogP contribution in [0.2, 0.25) is 0 Å². The molecule has 2 heterocycles. The Balaban J connectivity index is 1.33. The number of nitrogens with one attached hydrogen (secondary N) is 1. The number of rotatable bonds is 6. The van der Waals surface area contributed by atoms with Crippen molar-refractivity contribution < 1.29 is 27.4 Å². The number of carbonyl (C=O) groups is 1. The quantitative estimate of drug-likeness (QED) is 0.344. The number of alkyl halides is 3. The lowest BCUT2D eigenvalue weighted by Gasteiger charge is -2.44. The number of halogens is 3. The summed E-state index contributed by atoms with van der Waals surface area (Å²) in [7, 11) is 0. The third kappa shape index (κ3) is 5.33. The van der Waals surface area contributed by atoms with E-state index in [9.17, 15) is 18.0 Å².